The van der Waals surface area contributed by atoms with E-state index in [1.165, 1.54) is 10.8 Å². The molecule has 0 bridgehead atoms. The van der Waals surface area contributed by atoms with Gasteiger partial charge in [0.2, 0.25) is 5.91 Å². The first-order valence-corrected chi connectivity index (χ1v) is 6.99. The van der Waals surface area contributed by atoms with Crippen LogP contribution in [0.3, 0.4) is 0 Å². The van der Waals surface area contributed by atoms with Crippen molar-refractivity contribution in [1.29, 1.82) is 0 Å². The van der Waals surface area contributed by atoms with Crippen LogP contribution in [0.5, 0.6) is 0 Å². The summed E-state index contributed by atoms with van der Waals surface area (Å²) in [7, 11) is 0. The van der Waals surface area contributed by atoms with E-state index in [0.717, 1.165) is 0 Å². The smallest absolute Gasteiger partial charge is 0.269 e. The third-order valence-electron chi connectivity index (χ3n) is 3.64. The van der Waals surface area contributed by atoms with Crippen molar-refractivity contribution in [3.63, 3.8) is 0 Å². The van der Waals surface area contributed by atoms with Crippen molar-refractivity contribution >= 4 is 16.9 Å². The molecule has 0 saturated carbocycles. The van der Waals surface area contributed by atoms with Crippen molar-refractivity contribution in [1.82, 2.24) is 14.5 Å². The maximum Gasteiger partial charge on any atom is 0.269 e. The van der Waals surface area contributed by atoms with Crippen LogP contribution in [0.4, 0.5) is 0 Å². The SMILES string of the molecule is CC1CN(C(=O)Cn2c(=O)cnc3ccccc32)CCO1. The molecule has 3 rings (SSSR count). The average molecular weight is 287 g/mol. The number of rotatable bonds is 2. The van der Waals surface area contributed by atoms with Crippen LogP contribution in [0.1, 0.15) is 6.92 Å². The van der Waals surface area contributed by atoms with E-state index in [1.54, 1.807) is 11.0 Å². The Labute approximate surface area is 122 Å². The van der Waals surface area contributed by atoms with Gasteiger partial charge in [-0.15, -0.1) is 0 Å². The normalized spacial score (nSPS) is 18.9. The van der Waals surface area contributed by atoms with Gasteiger partial charge in [-0.1, -0.05) is 12.1 Å². The van der Waals surface area contributed by atoms with Crippen LogP contribution in [0.2, 0.25) is 0 Å². The Morgan fingerprint density at radius 2 is 2.24 bits per heavy atom. The molecule has 2 aromatic rings. The van der Waals surface area contributed by atoms with Gasteiger partial charge in [0.05, 0.1) is 29.9 Å². The second-order valence-corrected chi connectivity index (χ2v) is 5.19. The van der Waals surface area contributed by atoms with Gasteiger partial charge in [0, 0.05) is 13.1 Å². The Morgan fingerprint density at radius 1 is 1.43 bits per heavy atom. The van der Waals surface area contributed by atoms with E-state index in [9.17, 15) is 9.59 Å². The number of para-hydroxylation sites is 2. The number of amides is 1. The molecular weight excluding hydrogens is 270 g/mol. The molecule has 0 N–H and O–H groups in total. The molecule has 0 aliphatic carbocycles. The minimum absolute atomic E-state index is 0.0357. The Morgan fingerprint density at radius 3 is 3.05 bits per heavy atom. The zero-order valence-electron chi connectivity index (χ0n) is 11.9. The zero-order chi connectivity index (χ0) is 14.8. The van der Waals surface area contributed by atoms with Crippen LogP contribution < -0.4 is 5.56 Å². The fourth-order valence-electron chi connectivity index (χ4n) is 2.56. The number of fused-ring (bicyclic) bond motifs is 1. The van der Waals surface area contributed by atoms with Crippen molar-refractivity contribution in [2.24, 2.45) is 0 Å². The minimum atomic E-state index is -0.261. The number of morpholine rings is 1. The number of hydrogen-bond donors (Lipinski definition) is 0. The van der Waals surface area contributed by atoms with Crippen molar-refractivity contribution in [3.8, 4) is 0 Å². The maximum atomic E-state index is 12.4. The molecule has 1 aromatic heterocycles. The Balaban J connectivity index is 1.89. The first-order valence-electron chi connectivity index (χ1n) is 6.99. The van der Waals surface area contributed by atoms with Gasteiger partial charge < -0.3 is 9.64 Å². The van der Waals surface area contributed by atoms with Crippen LogP contribution in [-0.2, 0) is 16.1 Å². The highest BCUT2D eigenvalue weighted by molar-refractivity contribution is 5.80. The number of nitrogens with zero attached hydrogens (tertiary/aromatic N) is 3. The molecular formula is C15H17N3O3. The van der Waals surface area contributed by atoms with Crippen LogP contribution in [0, 0.1) is 0 Å². The van der Waals surface area contributed by atoms with Gasteiger partial charge in [0.25, 0.3) is 5.56 Å². The lowest BCUT2D eigenvalue weighted by atomic mass is 10.2. The Kier molecular flexibility index (Phi) is 3.70. The summed E-state index contributed by atoms with van der Waals surface area (Å²) < 4.78 is 6.91. The molecule has 110 valence electrons. The molecule has 21 heavy (non-hydrogen) atoms. The summed E-state index contributed by atoms with van der Waals surface area (Å²) in [5, 5.41) is 0. The first-order chi connectivity index (χ1) is 10.1. The van der Waals surface area contributed by atoms with Crippen LogP contribution >= 0.6 is 0 Å². The summed E-state index contributed by atoms with van der Waals surface area (Å²) in [5.41, 5.74) is 1.13. The van der Waals surface area contributed by atoms with E-state index in [0.29, 0.717) is 30.7 Å². The van der Waals surface area contributed by atoms with Gasteiger partial charge in [0.1, 0.15) is 6.54 Å². The maximum absolute atomic E-state index is 12.4. The summed E-state index contributed by atoms with van der Waals surface area (Å²) in [6.45, 7) is 3.65. The van der Waals surface area contributed by atoms with Gasteiger partial charge in [-0.2, -0.15) is 0 Å². The van der Waals surface area contributed by atoms with E-state index in [4.69, 9.17) is 4.74 Å². The number of hydrogen-bond acceptors (Lipinski definition) is 4. The largest absolute Gasteiger partial charge is 0.375 e. The van der Waals surface area contributed by atoms with Crippen molar-refractivity contribution in [2.75, 3.05) is 19.7 Å². The van der Waals surface area contributed by atoms with Crippen LogP contribution in [0.25, 0.3) is 11.0 Å². The first kappa shape index (κ1) is 13.8. The monoisotopic (exact) mass is 287 g/mol. The summed E-state index contributed by atoms with van der Waals surface area (Å²) in [5.74, 6) is -0.0661. The molecule has 1 aliphatic rings. The molecule has 1 saturated heterocycles. The van der Waals surface area contributed by atoms with Crippen LogP contribution in [0.15, 0.2) is 35.3 Å². The third kappa shape index (κ3) is 2.80. The molecule has 1 amide bonds. The highest BCUT2D eigenvalue weighted by atomic mass is 16.5. The summed E-state index contributed by atoms with van der Waals surface area (Å²) in [6.07, 6.45) is 1.30. The van der Waals surface area contributed by atoms with Gasteiger partial charge in [-0.3, -0.25) is 14.2 Å². The molecule has 1 fully saturated rings. The predicted octanol–water partition coefficient (Wildman–Crippen LogP) is 0.644. The van der Waals surface area contributed by atoms with E-state index in [2.05, 4.69) is 4.98 Å². The molecule has 1 aromatic carbocycles. The molecule has 0 spiro atoms. The highest BCUT2D eigenvalue weighted by Crippen LogP contribution is 2.10. The van der Waals surface area contributed by atoms with Crippen LogP contribution in [-0.4, -0.2) is 46.2 Å². The summed E-state index contributed by atoms with van der Waals surface area (Å²) in [6, 6.07) is 7.32. The quantitative estimate of drug-likeness (QED) is 0.813. The second kappa shape index (κ2) is 5.65. The molecule has 1 aliphatic heterocycles. The predicted molar refractivity (Wildman–Crippen MR) is 78.0 cm³/mol. The molecule has 0 radical (unpaired) electrons. The standard InChI is InChI=1S/C15H17N3O3/c1-11-9-17(6-7-21-11)15(20)10-18-13-5-3-2-4-12(13)16-8-14(18)19/h2-5,8,11H,6-7,9-10H2,1H3. The molecule has 1 unspecified atom stereocenters. The minimum Gasteiger partial charge on any atom is -0.375 e. The number of ether oxygens (including phenoxy) is 1. The molecule has 6 heteroatoms. The molecule has 2 heterocycles. The Bertz CT molecular complexity index is 725. The zero-order valence-corrected chi connectivity index (χ0v) is 11.9. The highest BCUT2D eigenvalue weighted by Gasteiger charge is 2.22. The lowest BCUT2D eigenvalue weighted by Gasteiger charge is -2.31. The Hall–Kier alpha value is -2.21. The number of carbonyl (C=O) groups excluding carboxylic acids is 1. The van der Waals surface area contributed by atoms with E-state index >= 15 is 0 Å². The van der Waals surface area contributed by atoms with Crippen molar-refractivity contribution in [3.05, 3.63) is 40.8 Å². The summed E-state index contributed by atoms with van der Waals surface area (Å²) >= 11 is 0. The van der Waals surface area contributed by atoms with E-state index in [1.807, 2.05) is 25.1 Å². The lowest BCUT2D eigenvalue weighted by molar-refractivity contribution is -0.138. The van der Waals surface area contributed by atoms with Gasteiger partial charge in [0.15, 0.2) is 0 Å². The van der Waals surface area contributed by atoms with Gasteiger partial charge >= 0.3 is 0 Å². The third-order valence-corrected chi connectivity index (χ3v) is 3.64. The van der Waals surface area contributed by atoms with Gasteiger partial charge in [-0.05, 0) is 19.1 Å². The topological polar surface area (TPSA) is 64.4 Å². The lowest BCUT2D eigenvalue weighted by Crippen LogP contribution is -2.46. The fraction of sp³-hybridized carbons (Fsp3) is 0.400. The molecule has 1 atom stereocenters. The molecule has 6 nitrogen and oxygen atoms in total. The van der Waals surface area contributed by atoms with E-state index < -0.39 is 0 Å². The fourth-order valence-corrected chi connectivity index (χ4v) is 2.56. The van der Waals surface area contributed by atoms with E-state index in [-0.39, 0.29) is 24.1 Å². The number of aromatic nitrogens is 2. The van der Waals surface area contributed by atoms with Gasteiger partial charge in [-0.25, -0.2) is 4.98 Å². The number of carbonyl (C=O) groups is 1. The number of benzene rings is 1. The second-order valence-electron chi connectivity index (χ2n) is 5.19. The van der Waals surface area contributed by atoms with Crippen molar-refractivity contribution < 1.29 is 9.53 Å². The summed E-state index contributed by atoms with van der Waals surface area (Å²) in [4.78, 5) is 30.3. The average Bonchev–Trinajstić information content (AvgIpc) is 2.50. The van der Waals surface area contributed by atoms with Crippen molar-refractivity contribution in [2.45, 2.75) is 19.6 Å².